The summed E-state index contributed by atoms with van der Waals surface area (Å²) in [7, 11) is 0. The average Bonchev–Trinajstić information content (AvgIpc) is 3.04. The van der Waals surface area contributed by atoms with Crippen molar-refractivity contribution >= 4 is 11.3 Å². The highest BCUT2D eigenvalue weighted by Gasteiger charge is 2.23. The van der Waals surface area contributed by atoms with Crippen molar-refractivity contribution in [1.82, 2.24) is 9.47 Å². The van der Waals surface area contributed by atoms with Crippen LogP contribution >= 0.6 is 11.3 Å². The molecule has 0 unspecified atom stereocenters. The van der Waals surface area contributed by atoms with Gasteiger partial charge in [0.25, 0.3) is 0 Å². The molecule has 3 nitrogen and oxygen atoms in total. The van der Waals surface area contributed by atoms with Crippen LogP contribution in [0.1, 0.15) is 22.9 Å². The number of thiophene rings is 1. The Labute approximate surface area is 111 Å². The summed E-state index contributed by atoms with van der Waals surface area (Å²) in [5.41, 5.74) is 2.51. The van der Waals surface area contributed by atoms with Gasteiger partial charge in [0.15, 0.2) is 0 Å². The summed E-state index contributed by atoms with van der Waals surface area (Å²) in [6.45, 7) is 5.59. The molecule has 0 saturated heterocycles. The minimum atomic E-state index is 0.144. The molecule has 0 spiro atoms. The fraction of sp³-hybridized carbons (Fsp3) is 0.429. The summed E-state index contributed by atoms with van der Waals surface area (Å²) in [6, 6.07) is 4.05. The molecule has 18 heavy (non-hydrogen) atoms. The van der Waals surface area contributed by atoms with E-state index in [9.17, 15) is 5.11 Å². The number of likely N-dealkylation sites (N-methyl/N-ethyl adjacent to an activating group) is 1. The molecule has 0 amide bonds. The topological polar surface area (TPSA) is 28.4 Å². The van der Waals surface area contributed by atoms with Gasteiger partial charge in [0.1, 0.15) is 5.00 Å². The Bertz CT molecular complexity index is 530. The molecule has 0 atom stereocenters. The van der Waals surface area contributed by atoms with Gasteiger partial charge in [0.2, 0.25) is 0 Å². The quantitative estimate of drug-likeness (QED) is 0.920. The van der Waals surface area contributed by atoms with Crippen molar-refractivity contribution in [2.24, 2.45) is 0 Å². The van der Waals surface area contributed by atoms with Gasteiger partial charge >= 0.3 is 0 Å². The van der Waals surface area contributed by atoms with Crippen LogP contribution in [-0.2, 0) is 19.6 Å². The molecule has 0 aromatic carbocycles. The zero-order valence-corrected chi connectivity index (χ0v) is 11.4. The van der Waals surface area contributed by atoms with E-state index in [1.165, 1.54) is 15.4 Å². The second-order valence-corrected chi connectivity index (χ2v) is 5.74. The van der Waals surface area contributed by atoms with Gasteiger partial charge in [-0.2, -0.15) is 0 Å². The molecule has 0 aliphatic carbocycles. The fourth-order valence-corrected chi connectivity index (χ4v) is 3.99. The molecule has 1 aliphatic rings. The molecule has 1 aliphatic heterocycles. The van der Waals surface area contributed by atoms with Crippen LogP contribution in [0.5, 0.6) is 0 Å². The molecule has 2 aromatic heterocycles. The largest absolute Gasteiger partial charge is 0.392 e. The minimum Gasteiger partial charge on any atom is -0.392 e. The first-order valence-electron chi connectivity index (χ1n) is 6.43. The average molecular weight is 262 g/mol. The molecule has 2 aromatic rings. The number of aliphatic hydroxyl groups is 1. The normalized spacial score (nSPS) is 15.9. The van der Waals surface area contributed by atoms with Crippen LogP contribution in [0.15, 0.2) is 24.5 Å². The van der Waals surface area contributed by atoms with E-state index in [0.29, 0.717) is 0 Å². The molecule has 3 heterocycles. The molecule has 3 rings (SSSR count). The van der Waals surface area contributed by atoms with E-state index < -0.39 is 0 Å². The third-order valence-electron chi connectivity index (χ3n) is 3.67. The number of hydrogen-bond acceptors (Lipinski definition) is 3. The lowest BCUT2D eigenvalue weighted by Gasteiger charge is -2.25. The predicted molar refractivity (Wildman–Crippen MR) is 74.2 cm³/mol. The van der Waals surface area contributed by atoms with Gasteiger partial charge in [-0.3, -0.25) is 4.90 Å². The Kier molecular flexibility index (Phi) is 3.24. The lowest BCUT2D eigenvalue weighted by atomic mass is 10.0. The molecular formula is C14H18N2OS. The Morgan fingerprint density at radius 1 is 1.33 bits per heavy atom. The van der Waals surface area contributed by atoms with Crippen LogP contribution in [0, 0.1) is 0 Å². The van der Waals surface area contributed by atoms with Crippen molar-refractivity contribution in [2.75, 3.05) is 13.1 Å². The Morgan fingerprint density at radius 2 is 2.11 bits per heavy atom. The maximum absolute atomic E-state index is 9.66. The molecule has 0 fully saturated rings. The van der Waals surface area contributed by atoms with Crippen molar-refractivity contribution in [3.05, 3.63) is 40.5 Å². The summed E-state index contributed by atoms with van der Waals surface area (Å²) in [4.78, 5) is 3.88. The van der Waals surface area contributed by atoms with Gasteiger partial charge in [0, 0.05) is 35.9 Å². The summed E-state index contributed by atoms with van der Waals surface area (Å²) in [5, 5.41) is 10.9. The highest BCUT2D eigenvalue weighted by atomic mass is 32.1. The standard InChI is InChI=1S/C14H18N2OS/c1-2-15-8-5-11-12(10-17)14(18-13(11)9-15)16-6-3-4-7-16/h3-4,6-7,17H,2,5,8-10H2,1H3. The lowest BCUT2D eigenvalue weighted by Crippen LogP contribution is -2.29. The molecular weight excluding hydrogens is 244 g/mol. The number of aliphatic hydroxyl groups excluding tert-OH is 1. The van der Waals surface area contributed by atoms with Crippen LogP contribution in [0.3, 0.4) is 0 Å². The van der Waals surface area contributed by atoms with Gasteiger partial charge < -0.3 is 9.67 Å². The van der Waals surface area contributed by atoms with Gasteiger partial charge in [-0.1, -0.05) is 6.92 Å². The van der Waals surface area contributed by atoms with Gasteiger partial charge in [-0.05, 0) is 30.7 Å². The Balaban J connectivity index is 2.04. The SMILES string of the molecule is CCN1CCc2c(sc(-n3cccc3)c2CO)C1. The smallest absolute Gasteiger partial charge is 0.105 e. The number of nitrogens with zero attached hydrogens (tertiary/aromatic N) is 2. The molecule has 0 saturated carbocycles. The summed E-state index contributed by atoms with van der Waals surface area (Å²) in [5.74, 6) is 0. The zero-order valence-electron chi connectivity index (χ0n) is 10.6. The van der Waals surface area contributed by atoms with Crippen LogP contribution < -0.4 is 0 Å². The molecule has 4 heteroatoms. The van der Waals surface area contributed by atoms with Crippen molar-refractivity contribution in [2.45, 2.75) is 26.5 Å². The second kappa shape index (κ2) is 4.88. The van der Waals surface area contributed by atoms with Crippen molar-refractivity contribution < 1.29 is 5.11 Å². The summed E-state index contributed by atoms with van der Waals surface area (Å²) >= 11 is 1.82. The van der Waals surface area contributed by atoms with Gasteiger partial charge in [-0.25, -0.2) is 0 Å². The first-order valence-corrected chi connectivity index (χ1v) is 7.25. The maximum Gasteiger partial charge on any atom is 0.105 e. The third-order valence-corrected chi connectivity index (χ3v) is 4.94. The third kappa shape index (κ3) is 1.90. The minimum absolute atomic E-state index is 0.144. The van der Waals surface area contributed by atoms with Crippen molar-refractivity contribution in [1.29, 1.82) is 0 Å². The molecule has 0 radical (unpaired) electrons. The van der Waals surface area contributed by atoms with Gasteiger partial charge in [0.05, 0.1) is 6.61 Å². The monoisotopic (exact) mass is 262 g/mol. The highest BCUT2D eigenvalue weighted by molar-refractivity contribution is 7.14. The van der Waals surface area contributed by atoms with E-state index in [2.05, 4.69) is 16.4 Å². The van der Waals surface area contributed by atoms with E-state index in [0.717, 1.165) is 31.6 Å². The Hall–Kier alpha value is -1.10. The highest BCUT2D eigenvalue weighted by Crippen LogP contribution is 2.35. The van der Waals surface area contributed by atoms with E-state index in [4.69, 9.17) is 0 Å². The van der Waals surface area contributed by atoms with Crippen LogP contribution in [0.25, 0.3) is 5.00 Å². The summed E-state index contributed by atoms with van der Waals surface area (Å²) in [6.07, 6.45) is 5.17. The number of hydrogen-bond donors (Lipinski definition) is 1. The van der Waals surface area contributed by atoms with Crippen molar-refractivity contribution in [3.63, 3.8) is 0 Å². The zero-order chi connectivity index (χ0) is 12.5. The maximum atomic E-state index is 9.66. The van der Waals surface area contributed by atoms with Crippen molar-refractivity contribution in [3.8, 4) is 5.00 Å². The van der Waals surface area contributed by atoms with E-state index in [1.54, 1.807) is 0 Å². The fourth-order valence-electron chi connectivity index (χ4n) is 2.62. The predicted octanol–water partition coefficient (Wildman–Crippen LogP) is 2.41. The molecule has 0 bridgehead atoms. The van der Waals surface area contributed by atoms with E-state index in [-0.39, 0.29) is 6.61 Å². The Morgan fingerprint density at radius 3 is 2.78 bits per heavy atom. The second-order valence-electron chi connectivity index (χ2n) is 4.65. The van der Waals surface area contributed by atoms with E-state index in [1.807, 2.05) is 35.9 Å². The number of rotatable bonds is 3. The summed E-state index contributed by atoms with van der Waals surface area (Å²) < 4.78 is 2.12. The lowest BCUT2D eigenvalue weighted by molar-refractivity contribution is 0.262. The van der Waals surface area contributed by atoms with Gasteiger partial charge in [-0.15, -0.1) is 11.3 Å². The van der Waals surface area contributed by atoms with Crippen LogP contribution in [-0.4, -0.2) is 27.7 Å². The number of aromatic nitrogens is 1. The van der Waals surface area contributed by atoms with E-state index >= 15 is 0 Å². The first-order chi connectivity index (χ1) is 8.83. The van der Waals surface area contributed by atoms with Crippen LogP contribution in [0.2, 0.25) is 0 Å². The van der Waals surface area contributed by atoms with Crippen LogP contribution in [0.4, 0.5) is 0 Å². The number of fused-ring (bicyclic) bond motifs is 1. The first kappa shape index (κ1) is 12.0. The molecule has 96 valence electrons. The molecule has 1 N–H and O–H groups in total.